The first kappa shape index (κ1) is 15.8. The van der Waals surface area contributed by atoms with Gasteiger partial charge < -0.3 is 15.4 Å². The minimum absolute atomic E-state index is 0.134. The summed E-state index contributed by atoms with van der Waals surface area (Å²) in [5.41, 5.74) is 0.235. The Morgan fingerprint density at radius 3 is 2.68 bits per heavy atom. The number of halogens is 2. The van der Waals surface area contributed by atoms with Gasteiger partial charge in [-0.2, -0.15) is 0 Å². The van der Waals surface area contributed by atoms with E-state index in [-0.39, 0.29) is 23.0 Å². The summed E-state index contributed by atoms with van der Waals surface area (Å²) in [5, 5.41) is 5.72. The third-order valence-corrected chi connectivity index (χ3v) is 2.78. The summed E-state index contributed by atoms with van der Waals surface area (Å²) in [6.45, 7) is 0.675. The lowest BCUT2D eigenvalue weighted by molar-refractivity contribution is -0.120. The van der Waals surface area contributed by atoms with Gasteiger partial charge in [-0.05, 0) is 18.2 Å². The SMILES string of the molecule is COCCNC(=O)CNC(=O)c1cc(Cl)ccc1Cl. The van der Waals surface area contributed by atoms with Crippen LogP contribution < -0.4 is 10.6 Å². The van der Waals surface area contributed by atoms with E-state index in [1.807, 2.05) is 0 Å². The molecule has 0 aliphatic carbocycles. The zero-order chi connectivity index (χ0) is 14.3. The summed E-state index contributed by atoms with van der Waals surface area (Å²) in [6, 6.07) is 4.55. The van der Waals surface area contributed by atoms with Crippen molar-refractivity contribution in [1.29, 1.82) is 0 Å². The van der Waals surface area contributed by atoms with Crippen molar-refractivity contribution in [2.45, 2.75) is 0 Å². The molecule has 2 amide bonds. The Bertz CT molecular complexity index is 466. The van der Waals surface area contributed by atoms with Crippen molar-refractivity contribution in [3.05, 3.63) is 33.8 Å². The van der Waals surface area contributed by atoms with E-state index in [2.05, 4.69) is 10.6 Å². The van der Waals surface area contributed by atoms with Crippen LogP contribution in [0.4, 0.5) is 0 Å². The third-order valence-electron chi connectivity index (χ3n) is 2.21. The smallest absolute Gasteiger partial charge is 0.253 e. The van der Waals surface area contributed by atoms with Gasteiger partial charge in [0.15, 0.2) is 0 Å². The maximum atomic E-state index is 11.8. The van der Waals surface area contributed by atoms with E-state index in [0.717, 1.165) is 0 Å². The Morgan fingerprint density at radius 1 is 1.26 bits per heavy atom. The van der Waals surface area contributed by atoms with Crippen LogP contribution >= 0.6 is 23.2 Å². The molecule has 2 N–H and O–H groups in total. The Balaban J connectivity index is 2.47. The fourth-order valence-corrected chi connectivity index (χ4v) is 1.66. The van der Waals surface area contributed by atoms with Crippen molar-refractivity contribution in [1.82, 2.24) is 10.6 Å². The molecule has 0 atom stereocenters. The summed E-state index contributed by atoms with van der Waals surface area (Å²) in [5.74, 6) is -0.752. The van der Waals surface area contributed by atoms with Gasteiger partial charge in [0.05, 0.1) is 23.7 Å². The highest BCUT2D eigenvalue weighted by Gasteiger charge is 2.12. The van der Waals surface area contributed by atoms with Crippen molar-refractivity contribution >= 4 is 35.0 Å². The van der Waals surface area contributed by atoms with E-state index in [4.69, 9.17) is 27.9 Å². The topological polar surface area (TPSA) is 67.4 Å². The number of carbonyl (C=O) groups is 2. The van der Waals surface area contributed by atoms with Gasteiger partial charge >= 0.3 is 0 Å². The number of rotatable bonds is 6. The molecule has 1 aromatic carbocycles. The lowest BCUT2D eigenvalue weighted by Crippen LogP contribution is -2.38. The molecule has 0 fully saturated rings. The first-order valence-electron chi connectivity index (χ1n) is 5.53. The predicted molar refractivity (Wildman–Crippen MR) is 73.7 cm³/mol. The molecule has 1 rings (SSSR count). The zero-order valence-electron chi connectivity index (χ0n) is 10.3. The molecule has 0 aliphatic heterocycles. The number of amides is 2. The summed E-state index contributed by atoms with van der Waals surface area (Å²) >= 11 is 11.6. The van der Waals surface area contributed by atoms with Gasteiger partial charge in [-0.15, -0.1) is 0 Å². The van der Waals surface area contributed by atoms with Gasteiger partial charge in [0.1, 0.15) is 0 Å². The standard InChI is InChI=1S/C12H14Cl2N2O3/c1-19-5-4-15-11(17)7-16-12(18)9-6-8(13)2-3-10(9)14/h2-3,6H,4-5,7H2,1H3,(H,15,17)(H,16,18). The highest BCUT2D eigenvalue weighted by atomic mass is 35.5. The monoisotopic (exact) mass is 304 g/mol. The zero-order valence-corrected chi connectivity index (χ0v) is 11.8. The molecule has 0 aliphatic rings. The molecule has 0 saturated heterocycles. The maximum Gasteiger partial charge on any atom is 0.253 e. The minimum atomic E-state index is -0.450. The molecule has 104 valence electrons. The number of nitrogens with one attached hydrogen (secondary N) is 2. The van der Waals surface area contributed by atoms with Crippen LogP contribution in [0.2, 0.25) is 10.0 Å². The largest absolute Gasteiger partial charge is 0.383 e. The van der Waals surface area contributed by atoms with Gasteiger partial charge in [0, 0.05) is 18.7 Å². The van der Waals surface area contributed by atoms with E-state index >= 15 is 0 Å². The lowest BCUT2D eigenvalue weighted by Gasteiger charge is -2.08. The summed E-state index contributed by atoms with van der Waals surface area (Å²) < 4.78 is 4.78. The molecule has 5 nitrogen and oxygen atoms in total. The molecule has 19 heavy (non-hydrogen) atoms. The average molecular weight is 305 g/mol. The quantitative estimate of drug-likeness (QED) is 0.782. The molecule has 0 radical (unpaired) electrons. The second-order valence-electron chi connectivity index (χ2n) is 3.65. The van der Waals surface area contributed by atoms with Crippen LogP contribution in [-0.4, -0.2) is 38.6 Å². The maximum absolute atomic E-state index is 11.8. The third kappa shape index (κ3) is 5.46. The molecule has 0 aromatic heterocycles. The van der Waals surface area contributed by atoms with Crippen LogP contribution in [0, 0.1) is 0 Å². The molecule has 0 bridgehead atoms. The van der Waals surface area contributed by atoms with Gasteiger partial charge in [-0.25, -0.2) is 0 Å². The second kappa shape index (κ2) is 7.99. The second-order valence-corrected chi connectivity index (χ2v) is 4.49. The van der Waals surface area contributed by atoms with Crippen LogP contribution in [0.3, 0.4) is 0 Å². The fraction of sp³-hybridized carbons (Fsp3) is 0.333. The lowest BCUT2D eigenvalue weighted by atomic mass is 10.2. The van der Waals surface area contributed by atoms with E-state index in [9.17, 15) is 9.59 Å². The Hall–Kier alpha value is -1.30. The first-order chi connectivity index (χ1) is 9.04. The fourth-order valence-electron chi connectivity index (χ4n) is 1.28. The normalized spacial score (nSPS) is 10.1. The van der Waals surface area contributed by atoms with Crippen molar-refractivity contribution in [3.63, 3.8) is 0 Å². The van der Waals surface area contributed by atoms with E-state index in [0.29, 0.717) is 18.2 Å². The summed E-state index contributed by atoms with van der Waals surface area (Å²) in [6.07, 6.45) is 0. The molecule has 1 aromatic rings. The van der Waals surface area contributed by atoms with Crippen LogP contribution in [0.15, 0.2) is 18.2 Å². The van der Waals surface area contributed by atoms with Crippen LogP contribution in [0.25, 0.3) is 0 Å². The molecule has 0 unspecified atom stereocenters. The first-order valence-corrected chi connectivity index (χ1v) is 6.29. The van der Waals surface area contributed by atoms with Crippen LogP contribution in [-0.2, 0) is 9.53 Å². The Morgan fingerprint density at radius 2 is 2.00 bits per heavy atom. The van der Waals surface area contributed by atoms with Gasteiger partial charge in [0.25, 0.3) is 5.91 Å². The Kier molecular flexibility index (Phi) is 6.62. The average Bonchev–Trinajstić information content (AvgIpc) is 2.39. The molecule has 7 heteroatoms. The van der Waals surface area contributed by atoms with E-state index < -0.39 is 5.91 Å². The number of methoxy groups -OCH3 is 1. The van der Waals surface area contributed by atoms with Crippen LogP contribution in [0.5, 0.6) is 0 Å². The number of ether oxygens (including phenoxy) is 1. The van der Waals surface area contributed by atoms with E-state index in [1.54, 1.807) is 6.07 Å². The molecule has 0 heterocycles. The van der Waals surface area contributed by atoms with Gasteiger partial charge in [-0.3, -0.25) is 9.59 Å². The number of hydrogen-bond acceptors (Lipinski definition) is 3. The highest BCUT2D eigenvalue weighted by molar-refractivity contribution is 6.35. The van der Waals surface area contributed by atoms with E-state index in [1.165, 1.54) is 19.2 Å². The van der Waals surface area contributed by atoms with Gasteiger partial charge in [0.2, 0.25) is 5.91 Å². The number of hydrogen-bond donors (Lipinski definition) is 2. The van der Waals surface area contributed by atoms with Crippen molar-refractivity contribution in [2.75, 3.05) is 26.8 Å². The minimum Gasteiger partial charge on any atom is -0.383 e. The molecule has 0 saturated carbocycles. The summed E-state index contributed by atoms with van der Waals surface area (Å²) in [7, 11) is 1.54. The number of carbonyl (C=O) groups excluding carboxylic acids is 2. The predicted octanol–water partition coefficient (Wildman–Crippen LogP) is 1.49. The van der Waals surface area contributed by atoms with Crippen molar-refractivity contribution < 1.29 is 14.3 Å². The highest BCUT2D eigenvalue weighted by Crippen LogP contribution is 2.20. The number of benzene rings is 1. The van der Waals surface area contributed by atoms with Gasteiger partial charge in [-0.1, -0.05) is 23.2 Å². The molecular formula is C12H14Cl2N2O3. The molecular weight excluding hydrogens is 291 g/mol. The summed E-state index contributed by atoms with van der Waals surface area (Å²) in [4.78, 5) is 23.2. The van der Waals surface area contributed by atoms with Crippen molar-refractivity contribution in [3.8, 4) is 0 Å². The van der Waals surface area contributed by atoms with Crippen LogP contribution in [0.1, 0.15) is 10.4 Å². The molecule has 0 spiro atoms. The Labute approximate surface area is 121 Å². The van der Waals surface area contributed by atoms with Crippen molar-refractivity contribution in [2.24, 2.45) is 0 Å².